The molecule has 1 aliphatic rings. The maximum absolute atomic E-state index is 4.20. The Morgan fingerprint density at radius 2 is 1.89 bits per heavy atom. The van der Waals surface area contributed by atoms with E-state index in [4.69, 9.17) is 0 Å². The Morgan fingerprint density at radius 1 is 1.22 bits per heavy atom. The lowest BCUT2D eigenvalue weighted by molar-refractivity contribution is 0.472. The van der Waals surface area contributed by atoms with E-state index in [2.05, 4.69) is 29.5 Å². The van der Waals surface area contributed by atoms with Gasteiger partial charge < -0.3 is 10.6 Å². The molecule has 0 aromatic heterocycles. The minimum atomic E-state index is 0. The third kappa shape index (κ3) is 8.16. The fourth-order valence-electron chi connectivity index (χ4n) is 2.53. The maximum Gasteiger partial charge on any atom is 0.191 e. The topological polar surface area (TPSA) is 36.4 Å². The summed E-state index contributed by atoms with van der Waals surface area (Å²) in [6.07, 6.45) is 9.93. The average molecular weight is 367 g/mol. The highest BCUT2D eigenvalue weighted by Gasteiger charge is 2.13. The Hall–Kier alpha value is 0. The van der Waals surface area contributed by atoms with Crippen LogP contribution >= 0.6 is 24.0 Å². The van der Waals surface area contributed by atoms with Crippen LogP contribution in [-0.4, -0.2) is 25.6 Å². The molecule has 0 amide bonds. The van der Waals surface area contributed by atoms with Crippen molar-refractivity contribution >= 4 is 29.9 Å². The van der Waals surface area contributed by atoms with Crippen LogP contribution in [0.4, 0.5) is 0 Å². The van der Waals surface area contributed by atoms with Crippen molar-refractivity contribution < 1.29 is 0 Å². The van der Waals surface area contributed by atoms with Crippen molar-refractivity contribution in [3.63, 3.8) is 0 Å². The molecule has 0 aromatic carbocycles. The van der Waals surface area contributed by atoms with Crippen molar-refractivity contribution in [2.45, 2.75) is 64.8 Å². The van der Waals surface area contributed by atoms with E-state index in [9.17, 15) is 0 Å². The van der Waals surface area contributed by atoms with Gasteiger partial charge in [0.05, 0.1) is 0 Å². The molecule has 0 bridgehead atoms. The second kappa shape index (κ2) is 10.9. The summed E-state index contributed by atoms with van der Waals surface area (Å²) < 4.78 is 0. The van der Waals surface area contributed by atoms with E-state index in [1.165, 1.54) is 44.9 Å². The molecule has 1 aliphatic carbocycles. The van der Waals surface area contributed by atoms with Gasteiger partial charge in [-0.05, 0) is 26.2 Å². The predicted octanol–water partition coefficient (Wildman–Crippen LogP) is 3.54. The summed E-state index contributed by atoms with van der Waals surface area (Å²) in [4.78, 5) is 4.20. The van der Waals surface area contributed by atoms with Gasteiger partial charge in [-0.25, -0.2) is 0 Å². The monoisotopic (exact) mass is 367 g/mol. The Kier molecular flexibility index (Phi) is 10.9. The van der Waals surface area contributed by atoms with Crippen LogP contribution in [0.15, 0.2) is 4.99 Å². The molecule has 0 aliphatic heterocycles. The van der Waals surface area contributed by atoms with Crippen molar-refractivity contribution in [1.29, 1.82) is 0 Å². The lowest BCUT2D eigenvalue weighted by Gasteiger charge is -2.14. The fourth-order valence-corrected chi connectivity index (χ4v) is 2.53. The van der Waals surface area contributed by atoms with Gasteiger partial charge in [0.2, 0.25) is 0 Å². The fraction of sp³-hybridized carbons (Fsp3) is 0.929. The van der Waals surface area contributed by atoms with Gasteiger partial charge in [0.25, 0.3) is 0 Å². The smallest absolute Gasteiger partial charge is 0.191 e. The highest BCUT2D eigenvalue weighted by atomic mass is 127. The lowest BCUT2D eigenvalue weighted by Crippen LogP contribution is -2.41. The van der Waals surface area contributed by atoms with E-state index in [-0.39, 0.29) is 24.0 Å². The van der Waals surface area contributed by atoms with E-state index in [0.29, 0.717) is 6.04 Å². The summed E-state index contributed by atoms with van der Waals surface area (Å²) in [7, 11) is 1.83. The number of unbranched alkanes of at least 4 members (excludes halogenated alkanes) is 1. The van der Waals surface area contributed by atoms with Crippen LogP contribution < -0.4 is 10.6 Å². The van der Waals surface area contributed by atoms with Crippen molar-refractivity contribution in [3.8, 4) is 0 Å². The summed E-state index contributed by atoms with van der Waals surface area (Å²) in [6.45, 7) is 5.30. The van der Waals surface area contributed by atoms with Gasteiger partial charge in [-0.1, -0.05) is 38.5 Å². The normalized spacial score (nSPS) is 16.8. The molecule has 108 valence electrons. The summed E-state index contributed by atoms with van der Waals surface area (Å²) in [6, 6.07) is 0.444. The first-order valence-corrected chi connectivity index (χ1v) is 7.19. The van der Waals surface area contributed by atoms with Crippen LogP contribution in [0.1, 0.15) is 58.8 Å². The molecule has 3 nitrogen and oxygen atoms in total. The van der Waals surface area contributed by atoms with E-state index in [0.717, 1.165) is 18.4 Å². The van der Waals surface area contributed by atoms with E-state index in [1.807, 2.05) is 7.05 Å². The summed E-state index contributed by atoms with van der Waals surface area (Å²) in [5, 5.41) is 6.67. The van der Waals surface area contributed by atoms with Crippen LogP contribution in [0.3, 0.4) is 0 Å². The molecule has 18 heavy (non-hydrogen) atoms. The number of nitrogens with zero attached hydrogens (tertiary/aromatic N) is 1. The third-order valence-electron chi connectivity index (χ3n) is 3.46. The van der Waals surface area contributed by atoms with Crippen LogP contribution in [0.5, 0.6) is 0 Å². The highest BCUT2D eigenvalue weighted by molar-refractivity contribution is 14.0. The molecule has 0 saturated heterocycles. The molecule has 0 aromatic rings. The number of hydrogen-bond acceptors (Lipinski definition) is 1. The van der Waals surface area contributed by atoms with E-state index in [1.54, 1.807) is 0 Å². The first-order valence-electron chi connectivity index (χ1n) is 7.19. The number of rotatable bonds is 6. The van der Waals surface area contributed by atoms with Crippen LogP contribution in [0.25, 0.3) is 0 Å². The van der Waals surface area contributed by atoms with Gasteiger partial charge in [-0.2, -0.15) is 0 Å². The van der Waals surface area contributed by atoms with Crippen LogP contribution in [-0.2, 0) is 0 Å². The molecule has 1 rings (SSSR count). The molecule has 1 saturated carbocycles. The molecule has 0 radical (unpaired) electrons. The number of nitrogens with one attached hydrogen (secondary N) is 2. The Bertz CT molecular complexity index is 223. The molecule has 4 heteroatoms. The zero-order chi connectivity index (χ0) is 12.5. The Morgan fingerprint density at radius 3 is 2.44 bits per heavy atom. The molecule has 2 N–H and O–H groups in total. The summed E-state index contributed by atoms with van der Waals surface area (Å²) in [5.41, 5.74) is 0. The van der Waals surface area contributed by atoms with Crippen LogP contribution in [0, 0.1) is 5.92 Å². The first-order chi connectivity index (χ1) is 8.22. The van der Waals surface area contributed by atoms with Gasteiger partial charge in [0.15, 0.2) is 5.96 Å². The second-order valence-corrected chi connectivity index (χ2v) is 5.44. The average Bonchev–Trinajstić information content (AvgIpc) is 2.79. The molecular weight excluding hydrogens is 337 g/mol. The minimum absolute atomic E-state index is 0. The van der Waals surface area contributed by atoms with Gasteiger partial charge in [-0.3, -0.25) is 4.99 Å². The van der Waals surface area contributed by atoms with Gasteiger partial charge in [0, 0.05) is 19.6 Å². The highest BCUT2D eigenvalue weighted by Crippen LogP contribution is 2.28. The number of hydrogen-bond donors (Lipinski definition) is 2. The predicted molar refractivity (Wildman–Crippen MR) is 90.9 cm³/mol. The van der Waals surface area contributed by atoms with Crippen molar-refractivity contribution in [3.05, 3.63) is 0 Å². The standard InChI is InChI=1S/C14H29N3.HI/c1-12(2)17-14(15-3)16-11-7-6-10-13-8-4-5-9-13;/h12-13H,4-11H2,1-3H3,(H2,15,16,17);1H. The molecule has 0 spiro atoms. The van der Waals surface area contributed by atoms with Crippen molar-refractivity contribution in [2.24, 2.45) is 10.9 Å². The summed E-state index contributed by atoms with van der Waals surface area (Å²) >= 11 is 0. The zero-order valence-electron chi connectivity index (χ0n) is 12.2. The molecule has 0 atom stereocenters. The van der Waals surface area contributed by atoms with E-state index >= 15 is 0 Å². The van der Waals surface area contributed by atoms with E-state index < -0.39 is 0 Å². The quantitative estimate of drug-likeness (QED) is 0.326. The lowest BCUT2D eigenvalue weighted by atomic mass is 10.0. The summed E-state index contributed by atoms with van der Waals surface area (Å²) in [5.74, 6) is 1.96. The minimum Gasteiger partial charge on any atom is -0.356 e. The van der Waals surface area contributed by atoms with Crippen molar-refractivity contribution in [2.75, 3.05) is 13.6 Å². The maximum atomic E-state index is 4.20. The first kappa shape index (κ1) is 18.0. The molecular formula is C14H30IN3. The largest absolute Gasteiger partial charge is 0.356 e. The van der Waals surface area contributed by atoms with Crippen molar-refractivity contribution in [1.82, 2.24) is 10.6 Å². The number of halogens is 1. The molecule has 0 unspecified atom stereocenters. The second-order valence-electron chi connectivity index (χ2n) is 5.44. The van der Waals surface area contributed by atoms with Gasteiger partial charge in [0.1, 0.15) is 0 Å². The molecule has 1 fully saturated rings. The van der Waals surface area contributed by atoms with Crippen LogP contribution in [0.2, 0.25) is 0 Å². The third-order valence-corrected chi connectivity index (χ3v) is 3.46. The number of aliphatic imine (C=N–C) groups is 1. The Labute approximate surface area is 130 Å². The number of guanidine groups is 1. The van der Waals surface area contributed by atoms with Gasteiger partial charge in [-0.15, -0.1) is 24.0 Å². The van der Waals surface area contributed by atoms with Gasteiger partial charge >= 0.3 is 0 Å². The zero-order valence-corrected chi connectivity index (χ0v) is 14.5. The molecule has 0 heterocycles. The Balaban J connectivity index is 0.00000289. The SMILES string of the molecule is CN=C(NCCCCC1CCCC1)NC(C)C.I.